The Morgan fingerprint density at radius 1 is 0.333 bits per heavy atom. The predicted octanol–water partition coefficient (Wildman–Crippen LogP) is 18.5. The second-order valence-corrected chi connectivity index (χ2v) is 22.2. The second kappa shape index (κ2) is 18.9. The maximum absolute atomic E-state index is 10.9. The van der Waals surface area contributed by atoms with Gasteiger partial charge in [0.15, 0.2) is 0 Å². The van der Waals surface area contributed by atoms with Crippen molar-refractivity contribution in [3.8, 4) is 57.1 Å². The zero-order valence-corrected chi connectivity index (χ0v) is 46.3. The summed E-state index contributed by atoms with van der Waals surface area (Å²) in [7, 11) is 0. The lowest BCUT2D eigenvalue weighted by Gasteiger charge is -2.21. The van der Waals surface area contributed by atoms with Crippen LogP contribution in [0.1, 0.15) is 38.9 Å². The van der Waals surface area contributed by atoms with Crippen LogP contribution in [0, 0.1) is 43.4 Å². The first-order chi connectivity index (χ1) is 41.3. The molecule has 6 heterocycles. The van der Waals surface area contributed by atoms with E-state index < -0.39 is 0 Å². The number of fused-ring (bicyclic) bond motifs is 12. The minimum absolute atomic E-state index is 0.565. The van der Waals surface area contributed by atoms with Gasteiger partial charge in [-0.3, -0.25) is 9.97 Å². The van der Waals surface area contributed by atoms with E-state index in [-0.39, 0.29) is 0 Å². The fourth-order valence-electron chi connectivity index (χ4n) is 13.6. The molecule has 0 amide bonds. The number of nitrogens with zero attached hydrogens (tertiary/aromatic N) is 8. The van der Waals surface area contributed by atoms with Crippen LogP contribution in [0.25, 0.3) is 132 Å². The molecule has 0 aliphatic rings. The van der Waals surface area contributed by atoms with Gasteiger partial charge < -0.3 is 18.3 Å². The van der Waals surface area contributed by atoms with Crippen LogP contribution in [0.5, 0.6) is 0 Å². The number of para-hydroxylation sites is 4. The van der Waals surface area contributed by atoms with Crippen LogP contribution in [-0.4, -0.2) is 28.2 Å². The summed E-state index contributed by atoms with van der Waals surface area (Å²) in [6.07, 6.45) is 8.10. The highest BCUT2D eigenvalue weighted by molar-refractivity contribution is 6.14. The SMILES string of the molecule is Cc1ccc2c(c1)c1ccccc1n2-c1cc(C#N)cc(-n2c3ccccc3c3cc(Cc4cc5c6ccccc6n(-c6cc(C#N)cc(-n7c8ccccc8c8ccc(C)cc87)c6-c6ccncc6)c5cc4C)ccc32)c1-c1ccncc1. The molecule has 0 spiro atoms. The van der Waals surface area contributed by atoms with Gasteiger partial charge in [-0.25, -0.2) is 0 Å². The predicted molar refractivity (Wildman–Crippen MR) is 343 cm³/mol. The molecule has 8 heteroatoms. The Morgan fingerprint density at radius 2 is 0.702 bits per heavy atom. The molecule has 84 heavy (non-hydrogen) atoms. The number of aryl methyl sites for hydroxylation is 3. The van der Waals surface area contributed by atoms with Crippen molar-refractivity contribution in [2.24, 2.45) is 0 Å². The van der Waals surface area contributed by atoms with Gasteiger partial charge in [-0.1, -0.05) is 103 Å². The summed E-state index contributed by atoms with van der Waals surface area (Å²) >= 11 is 0. The Morgan fingerprint density at radius 3 is 1.19 bits per heavy atom. The largest absolute Gasteiger partial charge is 0.308 e. The van der Waals surface area contributed by atoms with Gasteiger partial charge in [0.05, 0.1) is 90.1 Å². The fraction of sp³-hybridized carbons (Fsp3) is 0.0526. The first-order valence-electron chi connectivity index (χ1n) is 28.3. The summed E-state index contributed by atoms with van der Waals surface area (Å²) in [5, 5.41) is 31.0. The third kappa shape index (κ3) is 7.38. The Hall–Kier alpha value is -11.3. The smallest absolute Gasteiger partial charge is 0.0993 e. The number of nitriles is 2. The standard InChI is InChI=1S/C76H50N8/c1-46-21-24-67-60(34-46)56-13-5-9-17-64(56)81(67)71-39-50(44-77)40-72(75(71)52-26-30-79-31-27-52)82-65-18-10-6-14-57(65)61-38-49(22-25-68(61)82)37-54-43-62-58-15-7-11-19-66(58)84(70(62)36-48(54)3)74-42-51(45-78)41-73(76(74)53-28-32-80-33-29-53)83-63-16-8-4-12-55(63)59-23-20-47(2)35-69(59)83/h4-36,38-43H,37H2,1-3H3. The van der Waals surface area contributed by atoms with E-state index in [1.54, 1.807) is 0 Å². The molecule has 0 aliphatic heterocycles. The molecule has 8 nitrogen and oxygen atoms in total. The molecule has 6 aromatic heterocycles. The van der Waals surface area contributed by atoms with Crippen molar-refractivity contribution in [3.05, 3.63) is 276 Å². The summed E-state index contributed by atoms with van der Waals surface area (Å²) in [6.45, 7) is 6.49. The van der Waals surface area contributed by atoms with Gasteiger partial charge in [0, 0.05) is 79.0 Å². The average Bonchev–Trinajstić information content (AvgIpc) is 2.14. The van der Waals surface area contributed by atoms with Crippen LogP contribution in [0.15, 0.2) is 237 Å². The van der Waals surface area contributed by atoms with Crippen molar-refractivity contribution in [2.75, 3.05) is 0 Å². The van der Waals surface area contributed by atoms with Crippen LogP contribution in [-0.2, 0) is 6.42 Å². The molecule has 0 atom stereocenters. The Kier molecular flexibility index (Phi) is 10.9. The van der Waals surface area contributed by atoms with Gasteiger partial charge in [-0.15, -0.1) is 0 Å². The highest BCUT2D eigenvalue weighted by Gasteiger charge is 2.26. The molecule has 0 saturated heterocycles. The summed E-state index contributed by atoms with van der Waals surface area (Å²) in [5.74, 6) is 0. The third-order valence-electron chi connectivity index (χ3n) is 17.3. The minimum Gasteiger partial charge on any atom is -0.308 e. The second-order valence-electron chi connectivity index (χ2n) is 22.2. The first-order valence-corrected chi connectivity index (χ1v) is 28.3. The number of rotatable bonds is 8. The van der Waals surface area contributed by atoms with Gasteiger partial charge in [-0.05, 0) is 176 Å². The summed E-state index contributed by atoms with van der Waals surface area (Å²) in [4.78, 5) is 8.94. The Labute approximate surface area is 483 Å². The lowest BCUT2D eigenvalue weighted by atomic mass is 9.96. The van der Waals surface area contributed by atoms with E-state index >= 15 is 0 Å². The quantitative estimate of drug-likeness (QED) is 0.152. The Bertz CT molecular complexity index is 5520. The molecule has 0 aliphatic carbocycles. The van der Waals surface area contributed by atoms with Crippen LogP contribution in [0.2, 0.25) is 0 Å². The number of benzene rings is 10. The van der Waals surface area contributed by atoms with Crippen LogP contribution in [0.3, 0.4) is 0 Å². The normalized spacial score (nSPS) is 11.8. The molecule has 16 rings (SSSR count). The zero-order valence-electron chi connectivity index (χ0n) is 46.3. The van der Waals surface area contributed by atoms with E-state index in [0.717, 1.165) is 138 Å². The van der Waals surface area contributed by atoms with Crippen molar-refractivity contribution in [1.29, 1.82) is 10.5 Å². The molecule has 16 aromatic rings. The number of pyridine rings is 2. The lowest BCUT2D eigenvalue weighted by molar-refractivity contribution is 1.12. The van der Waals surface area contributed by atoms with E-state index in [1.807, 2.05) is 36.9 Å². The summed E-state index contributed by atoms with van der Waals surface area (Å²) in [5.41, 5.74) is 23.2. The average molecular weight is 1080 g/mol. The molecule has 0 radical (unpaired) electrons. The molecule has 10 aromatic carbocycles. The van der Waals surface area contributed by atoms with E-state index in [9.17, 15) is 10.5 Å². The van der Waals surface area contributed by atoms with Crippen LogP contribution < -0.4 is 0 Å². The number of aromatic nitrogens is 6. The van der Waals surface area contributed by atoms with Gasteiger partial charge in [0.25, 0.3) is 0 Å². The highest BCUT2D eigenvalue weighted by Crippen LogP contribution is 2.46. The van der Waals surface area contributed by atoms with Crippen LogP contribution in [0.4, 0.5) is 0 Å². The molecule has 0 N–H and O–H groups in total. The zero-order chi connectivity index (χ0) is 56.3. The molecular weight excluding hydrogens is 1020 g/mol. The van der Waals surface area contributed by atoms with Crippen LogP contribution >= 0.6 is 0 Å². The maximum atomic E-state index is 10.9. The fourth-order valence-corrected chi connectivity index (χ4v) is 13.6. The first kappa shape index (κ1) is 48.6. The van der Waals surface area contributed by atoms with E-state index in [2.05, 4.69) is 261 Å². The molecule has 0 saturated carbocycles. The molecular formula is C76H50N8. The van der Waals surface area contributed by atoms with Gasteiger partial charge in [0.2, 0.25) is 0 Å². The topological polar surface area (TPSA) is 93.1 Å². The number of hydrogen-bond acceptors (Lipinski definition) is 4. The van der Waals surface area contributed by atoms with E-state index in [4.69, 9.17) is 0 Å². The maximum Gasteiger partial charge on any atom is 0.0993 e. The molecule has 0 unspecified atom stereocenters. The van der Waals surface area contributed by atoms with Crippen molar-refractivity contribution in [3.63, 3.8) is 0 Å². The lowest BCUT2D eigenvalue weighted by Crippen LogP contribution is -2.05. The number of hydrogen-bond donors (Lipinski definition) is 0. The third-order valence-corrected chi connectivity index (χ3v) is 17.3. The van der Waals surface area contributed by atoms with Crippen molar-refractivity contribution >= 4 is 87.2 Å². The molecule has 394 valence electrons. The highest BCUT2D eigenvalue weighted by atomic mass is 15.0. The molecule has 0 fully saturated rings. The van der Waals surface area contributed by atoms with Crippen molar-refractivity contribution in [1.82, 2.24) is 28.2 Å². The van der Waals surface area contributed by atoms with Gasteiger partial charge in [0.1, 0.15) is 0 Å². The van der Waals surface area contributed by atoms with Crippen molar-refractivity contribution < 1.29 is 0 Å². The minimum atomic E-state index is 0.565. The molecule has 0 bridgehead atoms. The monoisotopic (exact) mass is 1070 g/mol. The van der Waals surface area contributed by atoms with Gasteiger partial charge >= 0.3 is 0 Å². The Balaban J connectivity index is 0.880. The van der Waals surface area contributed by atoms with E-state index in [1.165, 1.54) is 22.1 Å². The van der Waals surface area contributed by atoms with E-state index in [0.29, 0.717) is 17.5 Å². The summed E-state index contributed by atoms with van der Waals surface area (Å²) < 4.78 is 9.41. The van der Waals surface area contributed by atoms with Crippen molar-refractivity contribution in [2.45, 2.75) is 27.2 Å². The summed E-state index contributed by atoms with van der Waals surface area (Å²) in [6, 6.07) is 81.0. The van der Waals surface area contributed by atoms with Gasteiger partial charge in [-0.2, -0.15) is 10.5 Å².